The molecule has 0 N–H and O–H groups in total. The minimum Gasteiger partial charge on any atom is -0.495 e. The van der Waals surface area contributed by atoms with Gasteiger partial charge in [-0.2, -0.15) is 0 Å². The Kier molecular flexibility index (Phi) is 4.79. The lowest BCUT2D eigenvalue weighted by Crippen LogP contribution is -2.31. The largest absolute Gasteiger partial charge is 0.495 e. The molecule has 0 atom stereocenters. The fraction of sp³-hybridized carbons (Fsp3) is 0.150. The first kappa shape index (κ1) is 19.0. The molecule has 0 bridgehead atoms. The molecule has 0 radical (unpaired) electrons. The van der Waals surface area contributed by atoms with Crippen LogP contribution in [-0.4, -0.2) is 29.6 Å². The van der Waals surface area contributed by atoms with Gasteiger partial charge >= 0.3 is 0 Å². The Balaban J connectivity index is 2.27. The summed E-state index contributed by atoms with van der Waals surface area (Å²) in [7, 11) is 1.36. The number of benzene rings is 2. The number of nitro benzene ring substituents is 1. The quantitative estimate of drug-likeness (QED) is 0.265. The van der Waals surface area contributed by atoms with Crippen molar-refractivity contribution in [3.8, 4) is 0 Å². The molecule has 3 rings (SSSR count). The highest BCUT2D eigenvalue weighted by Gasteiger charge is 2.38. The van der Waals surface area contributed by atoms with Gasteiger partial charge in [0.05, 0.1) is 23.3 Å². The molecular weight excluding hydrogens is 364 g/mol. The molecule has 0 spiro atoms. The summed E-state index contributed by atoms with van der Waals surface area (Å²) < 4.78 is 5.44. The molecule has 1 heterocycles. The van der Waals surface area contributed by atoms with Crippen molar-refractivity contribution < 1.29 is 24.0 Å². The number of imide groups is 1. The Bertz CT molecular complexity index is 1050. The molecule has 0 aromatic heterocycles. The minimum absolute atomic E-state index is 0.105. The second-order valence-electron chi connectivity index (χ2n) is 6.16. The van der Waals surface area contributed by atoms with Crippen molar-refractivity contribution in [3.63, 3.8) is 0 Å². The average Bonchev–Trinajstić information content (AvgIpc) is 2.94. The Morgan fingerprint density at radius 2 is 1.64 bits per heavy atom. The van der Waals surface area contributed by atoms with Crippen molar-refractivity contribution in [2.45, 2.75) is 13.8 Å². The van der Waals surface area contributed by atoms with E-state index in [9.17, 15) is 24.5 Å². The third kappa shape index (κ3) is 3.05. The van der Waals surface area contributed by atoms with Crippen LogP contribution in [0.3, 0.4) is 0 Å². The lowest BCUT2D eigenvalue weighted by molar-refractivity contribution is -0.384. The molecule has 0 fully saturated rings. The molecule has 1 aliphatic rings. The zero-order chi connectivity index (χ0) is 20.6. The van der Waals surface area contributed by atoms with Crippen molar-refractivity contribution in [1.29, 1.82) is 0 Å². The van der Waals surface area contributed by atoms with Gasteiger partial charge in [0.1, 0.15) is 5.76 Å². The number of fused-ring (bicyclic) bond motifs is 1. The maximum absolute atomic E-state index is 13.0. The maximum atomic E-state index is 13.0. The topological polar surface area (TPSA) is 107 Å². The molecule has 0 saturated carbocycles. The normalized spacial score (nSPS) is 14.5. The number of ether oxygens (including phenoxy) is 1. The number of amides is 2. The smallest absolute Gasteiger partial charge is 0.269 e. The van der Waals surface area contributed by atoms with Crippen LogP contribution in [-0.2, 0) is 14.3 Å². The summed E-state index contributed by atoms with van der Waals surface area (Å²) in [6, 6.07) is 10.1. The van der Waals surface area contributed by atoms with E-state index in [4.69, 9.17) is 4.74 Å². The number of non-ortho nitro benzene ring substituents is 1. The van der Waals surface area contributed by atoms with E-state index in [1.54, 1.807) is 12.1 Å². The summed E-state index contributed by atoms with van der Waals surface area (Å²) in [5.41, 5.74) is 1.57. The van der Waals surface area contributed by atoms with Crippen molar-refractivity contribution in [2.75, 3.05) is 12.0 Å². The van der Waals surface area contributed by atoms with Gasteiger partial charge in [0.25, 0.3) is 11.6 Å². The molecule has 2 aromatic rings. The van der Waals surface area contributed by atoms with Crippen molar-refractivity contribution in [1.82, 2.24) is 0 Å². The van der Waals surface area contributed by atoms with E-state index >= 15 is 0 Å². The number of carbonyl (C=O) groups excluding carboxylic acids is 3. The molecule has 1 aliphatic heterocycles. The number of nitro groups is 1. The van der Waals surface area contributed by atoms with Crippen LogP contribution in [0.25, 0.3) is 11.3 Å². The summed E-state index contributed by atoms with van der Waals surface area (Å²) >= 11 is 0. The van der Waals surface area contributed by atoms with Gasteiger partial charge in [0.2, 0.25) is 5.91 Å². The van der Waals surface area contributed by atoms with Gasteiger partial charge in [-0.1, -0.05) is 0 Å². The molecule has 2 aromatic carbocycles. The van der Waals surface area contributed by atoms with Crippen LogP contribution < -0.4 is 4.90 Å². The number of anilines is 1. The highest BCUT2D eigenvalue weighted by atomic mass is 16.6. The lowest BCUT2D eigenvalue weighted by Gasteiger charge is -2.12. The SMILES string of the molecule is COC(=C1C(=O)N(C(C)=O)c2ccc(C(C)=O)cc21)c1ccc([N+](=O)[O-])cc1. The fourth-order valence-corrected chi connectivity index (χ4v) is 3.12. The molecule has 0 saturated heterocycles. The average molecular weight is 380 g/mol. The van der Waals surface area contributed by atoms with Crippen LogP contribution >= 0.6 is 0 Å². The number of rotatable bonds is 4. The number of ketones is 1. The highest BCUT2D eigenvalue weighted by Crippen LogP contribution is 2.42. The number of hydrogen-bond acceptors (Lipinski definition) is 6. The van der Waals surface area contributed by atoms with Gasteiger partial charge in [-0.25, -0.2) is 4.90 Å². The molecular formula is C20H16N2O6. The number of methoxy groups -OCH3 is 1. The Morgan fingerprint density at radius 3 is 2.14 bits per heavy atom. The second kappa shape index (κ2) is 7.07. The van der Waals surface area contributed by atoms with Crippen molar-refractivity contribution in [2.24, 2.45) is 0 Å². The first-order valence-electron chi connectivity index (χ1n) is 8.29. The van der Waals surface area contributed by atoms with Crippen LogP contribution in [0.5, 0.6) is 0 Å². The summed E-state index contributed by atoms with van der Waals surface area (Å²) in [6.45, 7) is 2.67. The predicted octanol–water partition coefficient (Wildman–Crippen LogP) is 3.21. The van der Waals surface area contributed by atoms with Crippen LogP contribution in [0, 0.1) is 10.1 Å². The third-order valence-electron chi connectivity index (χ3n) is 4.42. The standard InChI is InChI=1S/C20H16N2O6/c1-11(23)14-6-9-17-16(10-14)18(20(25)21(17)12(2)24)19(28-3)13-4-7-15(8-5-13)22(26)27/h4-10H,1-3H3. The van der Waals surface area contributed by atoms with E-state index in [2.05, 4.69) is 0 Å². The molecule has 28 heavy (non-hydrogen) atoms. The van der Waals surface area contributed by atoms with Gasteiger partial charge in [-0.05, 0) is 37.3 Å². The second-order valence-corrected chi connectivity index (χ2v) is 6.16. The first-order valence-corrected chi connectivity index (χ1v) is 8.29. The van der Waals surface area contributed by atoms with Gasteiger partial charge in [0.15, 0.2) is 5.78 Å². The predicted molar refractivity (Wildman–Crippen MR) is 102 cm³/mol. The minimum atomic E-state index is -0.585. The van der Waals surface area contributed by atoms with E-state index in [-0.39, 0.29) is 22.8 Å². The Labute approximate surface area is 160 Å². The zero-order valence-corrected chi connectivity index (χ0v) is 15.4. The number of Topliss-reactive ketones (excluding diaryl/α,β-unsaturated/α-hetero) is 1. The third-order valence-corrected chi connectivity index (χ3v) is 4.42. The van der Waals surface area contributed by atoms with Crippen molar-refractivity contribution >= 4 is 40.3 Å². The number of nitrogens with zero attached hydrogens (tertiary/aromatic N) is 2. The van der Waals surface area contributed by atoms with Gasteiger partial charge in [0, 0.05) is 35.7 Å². The Hall–Kier alpha value is -3.81. The van der Waals surface area contributed by atoms with Crippen LogP contribution in [0.4, 0.5) is 11.4 Å². The van der Waals surface area contributed by atoms with E-state index < -0.39 is 16.7 Å². The summed E-state index contributed by atoms with van der Waals surface area (Å²) in [6.07, 6.45) is 0. The molecule has 8 heteroatoms. The fourth-order valence-electron chi connectivity index (χ4n) is 3.12. The summed E-state index contributed by atoms with van der Waals surface area (Å²) in [5, 5.41) is 10.9. The van der Waals surface area contributed by atoms with Gasteiger partial charge in [-0.15, -0.1) is 0 Å². The first-order chi connectivity index (χ1) is 13.3. The number of hydrogen-bond donors (Lipinski definition) is 0. The molecule has 0 unspecified atom stereocenters. The molecule has 142 valence electrons. The van der Waals surface area contributed by atoms with E-state index in [0.29, 0.717) is 22.4 Å². The molecule has 0 aliphatic carbocycles. The Morgan fingerprint density at radius 1 is 1.04 bits per heavy atom. The summed E-state index contributed by atoms with van der Waals surface area (Å²) in [5.74, 6) is -1.09. The van der Waals surface area contributed by atoms with E-state index in [1.165, 1.54) is 51.3 Å². The van der Waals surface area contributed by atoms with Gasteiger partial charge < -0.3 is 4.74 Å². The van der Waals surface area contributed by atoms with Crippen LogP contribution in [0.15, 0.2) is 42.5 Å². The van der Waals surface area contributed by atoms with Crippen LogP contribution in [0.2, 0.25) is 0 Å². The maximum Gasteiger partial charge on any atom is 0.269 e. The van der Waals surface area contributed by atoms with Crippen molar-refractivity contribution in [3.05, 3.63) is 69.3 Å². The van der Waals surface area contributed by atoms with Crippen LogP contribution in [0.1, 0.15) is 35.3 Å². The number of carbonyl (C=O) groups is 3. The summed E-state index contributed by atoms with van der Waals surface area (Å²) in [4.78, 5) is 48.2. The monoisotopic (exact) mass is 380 g/mol. The zero-order valence-electron chi connectivity index (χ0n) is 15.4. The van der Waals surface area contributed by atoms with E-state index in [1.807, 2.05) is 0 Å². The van der Waals surface area contributed by atoms with E-state index in [0.717, 1.165) is 4.90 Å². The molecule has 8 nitrogen and oxygen atoms in total. The lowest BCUT2D eigenvalue weighted by atomic mass is 9.99. The molecule has 2 amide bonds. The van der Waals surface area contributed by atoms with Gasteiger partial charge in [-0.3, -0.25) is 24.5 Å². The highest BCUT2D eigenvalue weighted by molar-refractivity contribution is 6.43.